The molecular formula is C15H31N3O. The quantitative estimate of drug-likeness (QED) is 0.707. The van der Waals surface area contributed by atoms with E-state index in [1.165, 1.54) is 58.4 Å². The Labute approximate surface area is 117 Å². The maximum absolute atomic E-state index is 9.88. The van der Waals surface area contributed by atoms with Crippen molar-refractivity contribution in [2.45, 2.75) is 57.1 Å². The van der Waals surface area contributed by atoms with Crippen molar-refractivity contribution in [1.82, 2.24) is 9.80 Å². The summed E-state index contributed by atoms with van der Waals surface area (Å²) in [6.45, 7) is 8.52. The molecule has 0 radical (unpaired) electrons. The number of aliphatic hydroxyl groups is 1. The van der Waals surface area contributed by atoms with Crippen molar-refractivity contribution in [2.75, 3.05) is 39.3 Å². The van der Waals surface area contributed by atoms with Crippen LogP contribution in [0.1, 0.15) is 45.4 Å². The molecule has 0 aliphatic carbocycles. The van der Waals surface area contributed by atoms with Gasteiger partial charge in [-0.2, -0.15) is 0 Å². The number of fused-ring (bicyclic) bond motifs is 1. The molecule has 3 N–H and O–H groups in total. The Morgan fingerprint density at radius 3 is 2.79 bits per heavy atom. The molecule has 0 aromatic carbocycles. The summed E-state index contributed by atoms with van der Waals surface area (Å²) in [7, 11) is 0. The van der Waals surface area contributed by atoms with Gasteiger partial charge in [0.15, 0.2) is 0 Å². The zero-order chi connectivity index (χ0) is 13.7. The molecule has 0 amide bonds. The third-order valence-electron chi connectivity index (χ3n) is 4.77. The molecular weight excluding hydrogens is 238 g/mol. The fourth-order valence-corrected chi connectivity index (χ4v) is 3.43. The lowest BCUT2D eigenvalue weighted by Crippen LogP contribution is -2.37. The molecule has 112 valence electrons. The van der Waals surface area contributed by atoms with Gasteiger partial charge in [0.25, 0.3) is 0 Å². The van der Waals surface area contributed by atoms with Crippen LogP contribution in [0.4, 0.5) is 0 Å². The van der Waals surface area contributed by atoms with Crippen LogP contribution in [-0.2, 0) is 0 Å². The van der Waals surface area contributed by atoms with E-state index in [1.807, 2.05) is 6.92 Å². The average molecular weight is 269 g/mol. The Hall–Kier alpha value is -0.160. The fourth-order valence-electron chi connectivity index (χ4n) is 3.43. The van der Waals surface area contributed by atoms with Crippen LogP contribution in [0.5, 0.6) is 0 Å². The lowest BCUT2D eigenvalue weighted by atomic mass is 9.99. The largest absolute Gasteiger partial charge is 0.389 e. The standard InChI is InChI=1S/C15H31N3O/c1-15(19,13-16)7-2-3-8-17-9-5-11-18-10-4-6-14(18)12-17/h14,19H,2-13,16H2,1H3. The van der Waals surface area contributed by atoms with E-state index in [2.05, 4.69) is 9.80 Å². The number of hydrogen-bond acceptors (Lipinski definition) is 4. The van der Waals surface area contributed by atoms with Crippen LogP contribution in [0.2, 0.25) is 0 Å². The molecule has 0 saturated carbocycles. The lowest BCUT2D eigenvalue weighted by Gasteiger charge is -2.26. The van der Waals surface area contributed by atoms with Crippen molar-refractivity contribution in [3.63, 3.8) is 0 Å². The van der Waals surface area contributed by atoms with E-state index in [4.69, 9.17) is 5.73 Å². The van der Waals surface area contributed by atoms with Gasteiger partial charge in [-0.1, -0.05) is 0 Å². The molecule has 19 heavy (non-hydrogen) atoms. The molecule has 4 nitrogen and oxygen atoms in total. The minimum absolute atomic E-state index is 0.369. The van der Waals surface area contributed by atoms with Crippen molar-refractivity contribution in [1.29, 1.82) is 0 Å². The minimum atomic E-state index is -0.666. The molecule has 2 unspecified atom stereocenters. The number of nitrogens with zero attached hydrogens (tertiary/aromatic N) is 2. The first kappa shape index (κ1) is 15.2. The van der Waals surface area contributed by atoms with Crippen molar-refractivity contribution < 1.29 is 5.11 Å². The second-order valence-electron chi connectivity index (χ2n) is 6.64. The number of hydrogen-bond donors (Lipinski definition) is 2. The highest BCUT2D eigenvalue weighted by atomic mass is 16.3. The van der Waals surface area contributed by atoms with Gasteiger partial charge < -0.3 is 15.7 Å². The first-order valence-electron chi connectivity index (χ1n) is 7.99. The van der Waals surface area contributed by atoms with E-state index in [0.717, 1.165) is 18.9 Å². The Bertz CT molecular complexity index is 270. The van der Waals surface area contributed by atoms with Crippen LogP contribution < -0.4 is 5.73 Å². The van der Waals surface area contributed by atoms with Crippen molar-refractivity contribution in [2.24, 2.45) is 5.73 Å². The van der Waals surface area contributed by atoms with Gasteiger partial charge in [0.1, 0.15) is 0 Å². The number of unbranched alkanes of at least 4 members (excludes halogenated alkanes) is 1. The summed E-state index contributed by atoms with van der Waals surface area (Å²) in [6.07, 6.45) is 7.18. The Morgan fingerprint density at radius 1 is 1.21 bits per heavy atom. The summed E-state index contributed by atoms with van der Waals surface area (Å²) < 4.78 is 0. The van der Waals surface area contributed by atoms with Crippen molar-refractivity contribution in [3.8, 4) is 0 Å². The SMILES string of the molecule is CC(O)(CN)CCCCN1CCCN2CCCC2C1. The third kappa shape index (κ3) is 4.71. The number of rotatable bonds is 6. The summed E-state index contributed by atoms with van der Waals surface area (Å²) in [5.74, 6) is 0. The molecule has 2 aliphatic heterocycles. The van der Waals surface area contributed by atoms with Gasteiger partial charge in [0, 0.05) is 19.1 Å². The zero-order valence-corrected chi connectivity index (χ0v) is 12.5. The van der Waals surface area contributed by atoms with Crippen LogP contribution in [-0.4, -0.2) is 65.8 Å². The molecule has 0 bridgehead atoms. The fraction of sp³-hybridized carbons (Fsp3) is 1.00. The summed E-state index contributed by atoms with van der Waals surface area (Å²) in [5.41, 5.74) is 4.88. The Balaban J connectivity index is 1.65. The molecule has 0 spiro atoms. The van der Waals surface area contributed by atoms with Crippen LogP contribution >= 0.6 is 0 Å². The summed E-state index contributed by atoms with van der Waals surface area (Å²) >= 11 is 0. The molecule has 2 aliphatic rings. The summed E-state index contributed by atoms with van der Waals surface area (Å²) in [6, 6.07) is 0.814. The lowest BCUT2D eigenvalue weighted by molar-refractivity contribution is 0.0563. The minimum Gasteiger partial charge on any atom is -0.389 e. The van der Waals surface area contributed by atoms with Crippen LogP contribution in [0.15, 0.2) is 0 Å². The van der Waals surface area contributed by atoms with E-state index in [1.54, 1.807) is 0 Å². The van der Waals surface area contributed by atoms with Gasteiger partial charge in [-0.05, 0) is 71.6 Å². The first-order valence-corrected chi connectivity index (χ1v) is 7.99. The highest BCUT2D eigenvalue weighted by Gasteiger charge is 2.28. The topological polar surface area (TPSA) is 52.7 Å². The molecule has 2 atom stereocenters. The Morgan fingerprint density at radius 2 is 2.00 bits per heavy atom. The second kappa shape index (κ2) is 7.02. The van der Waals surface area contributed by atoms with Crippen molar-refractivity contribution in [3.05, 3.63) is 0 Å². The molecule has 2 heterocycles. The normalized spacial score (nSPS) is 28.9. The molecule has 2 rings (SSSR count). The highest BCUT2D eigenvalue weighted by molar-refractivity contribution is 4.85. The van der Waals surface area contributed by atoms with Gasteiger partial charge in [-0.3, -0.25) is 4.90 Å². The molecule has 2 fully saturated rings. The third-order valence-corrected chi connectivity index (χ3v) is 4.77. The smallest absolute Gasteiger partial charge is 0.0741 e. The average Bonchev–Trinajstić information content (AvgIpc) is 2.73. The van der Waals surface area contributed by atoms with Gasteiger partial charge in [-0.25, -0.2) is 0 Å². The first-order chi connectivity index (χ1) is 9.11. The van der Waals surface area contributed by atoms with Crippen LogP contribution in [0.3, 0.4) is 0 Å². The predicted molar refractivity (Wildman–Crippen MR) is 79.2 cm³/mol. The van der Waals surface area contributed by atoms with Crippen molar-refractivity contribution >= 4 is 0 Å². The zero-order valence-electron chi connectivity index (χ0n) is 12.5. The van der Waals surface area contributed by atoms with Crippen LogP contribution in [0.25, 0.3) is 0 Å². The maximum atomic E-state index is 9.88. The van der Waals surface area contributed by atoms with E-state index >= 15 is 0 Å². The molecule has 0 aromatic rings. The summed E-state index contributed by atoms with van der Waals surface area (Å²) in [4.78, 5) is 5.31. The van der Waals surface area contributed by atoms with E-state index < -0.39 is 5.60 Å². The highest BCUT2D eigenvalue weighted by Crippen LogP contribution is 2.21. The van der Waals surface area contributed by atoms with E-state index in [9.17, 15) is 5.11 Å². The van der Waals surface area contributed by atoms with E-state index in [-0.39, 0.29) is 0 Å². The number of nitrogens with two attached hydrogens (primary N) is 1. The molecule has 2 saturated heterocycles. The van der Waals surface area contributed by atoms with Crippen LogP contribution in [0, 0.1) is 0 Å². The maximum Gasteiger partial charge on any atom is 0.0741 e. The van der Waals surface area contributed by atoms with Gasteiger partial charge in [0.05, 0.1) is 5.60 Å². The van der Waals surface area contributed by atoms with Gasteiger partial charge in [-0.15, -0.1) is 0 Å². The predicted octanol–water partition coefficient (Wildman–Crippen LogP) is 1.04. The molecule has 4 heteroatoms. The second-order valence-corrected chi connectivity index (χ2v) is 6.64. The monoisotopic (exact) mass is 269 g/mol. The Kier molecular flexibility index (Phi) is 5.63. The summed E-state index contributed by atoms with van der Waals surface area (Å²) in [5, 5.41) is 9.88. The van der Waals surface area contributed by atoms with Gasteiger partial charge >= 0.3 is 0 Å². The van der Waals surface area contributed by atoms with E-state index in [0.29, 0.717) is 6.54 Å². The molecule has 0 aromatic heterocycles. The van der Waals surface area contributed by atoms with Gasteiger partial charge in [0.2, 0.25) is 0 Å².